The summed E-state index contributed by atoms with van der Waals surface area (Å²) in [6.07, 6.45) is 2.77. The van der Waals surface area contributed by atoms with Gasteiger partial charge in [-0.1, -0.05) is 17.7 Å². The van der Waals surface area contributed by atoms with Gasteiger partial charge in [0.2, 0.25) is 11.9 Å². The minimum absolute atomic E-state index is 0.0163. The Morgan fingerprint density at radius 2 is 2.36 bits per heavy atom. The predicted molar refractivity (Wildman–Crippen MR) is 89.9 cm³/mol. The Labute approximate surface area is 137 Å². The molecule has 1 amide bonds. The summed E-state index contributed by atoms with van der Waals surface area (Å²) >= 11 is 7.61. The van der Waals surface area contributed by atoms with E-state index in [0.29, 0.717) is 17.5 Å². The molecule has 3 aliphatic heterocycles. The summed E-state index contributed by atoms with van der Waals surface area (Å²) < 4.78 is 0. The predicted octanol–water partition coefficient (Wildman–Crippen LogP) is 2.54. The van der Waals surface area contributed by atoms with E-state index in [1.165, 1.54) is 11.8 Å². The van der Waals surface area contributed by atoms with Gasteiger partial charge in [-0.3, -0.25) is 20.0 Å². The van der Waals surface area contributed by atoms with Crippen molar-refractivity contribution < 1.29 is 4.79 Å². The SMILES string of the molecule is O=C(NC1=Nc2ccc(Cl)cc2C2=NCCN12)C1CC=CS1. The Hall–Kier alpha value is -1.79. The molecule has 1 unspecified atom stereocenters. The third-order valence-electron chi connectivity index (χ3n) is 3.74. The Balaban J connectivity index is 1.66. The molecule has 0 aromatic heterocycles. The first-order chi connectivity index (χ1) is 10.7. The minimum atomic E-state index is -0.0719. The van der Waals surface area contributed by atoms with E-state index in [1.54, 1.807) is 6.07 Å². The van der Waals surface area contributed by atoms with Crippen LogP contribution in [-0.2, 0) is 4.79 Å². The molecule has 0 saturated carbocycles. The summed E-state index contributed by atoms with van der Waals surface area (Å²) in [5.41, 5.74) is 1.70. The van der Waals surface area contributed by atoms with Crippen LogP contribution in [0.2, 0.25) is 5.02 Å². The van der Waals surface area contributed by atoms with Gasteiger partial charge >= 0.3 is 0 Å². The number of aliphatic imine (C=N–C) groups is 2. The van der Waals surface area contributed by atoms with Crippen molar-refractivity contribution in [3.63, 3.8) is 0 Å². The van der Waals surface area contributed by atoms with Crippen molar-refractivity contribution in [2.24, 2.45) is 9.98 Å². The molecule has 0 radical (unpaired) electrons. The van der Waals surface area contributed by atoms with Crippen LogP contribution in [0, 0.1) is 0 Å². The first-order valence-corrected chi connectivity index (χ1v) is 8.36. The van der Waals surface area contributed by atoms with Crippen molar-refractivity contribution in [3.8, 4) is 0 Å². The highest BCUT2D eigenvalue weighted by Crippen LogP contribution is 2.31. The van der Waals surface area contributed by atoms with Crippen molar-refractivity contribution in [1.82, 2.24) is 10.2 Å². The maximum Gasteiger partial charge on any atom is 0.240 e. The second kappa shape index (κ2) is 5.44. The monoisotopic (exact) mass is 332 g/mol. The van der Waals surface area contributed by atoms with Gasteiger partial charge in [0.25, 0.3) is 0 Å². The number of fused-ring (bicyclic) bond motifs is 3. The van der Waals surface area contributed by atoms with Crippen LogP contribution in [0.4, 0.5) is 5.69 Å². The number of carbonyl (C=O) groups excluding carboxylic acids is 1. The van der Waals surface area contributed by atoms with Crippen LogP contribution in [0.15, 0.2) is 39.7 Å². The lowest BCUT2D eigenvalue weighted by Crippen LogP contribution is -2.49. The molecule has 3 aliphatic rings. The number of hydrogen-bond donors (Lipinski definition) is 1. The van der Waals surface area contributed by atoms with Crippen molar-refractivity contribution >= 4 is 46.8 Å². The summed E-state index contributed by atoms with van der Waals surface area (Å²) in [6, 6.07) is 5.52. The van der Waals surface area contributed by atoms with Gasteiger partial charge in [0.05, 0.1) is 17.5 Å². The van der Waals surface area contributed by atoms with Crippen molar-refractivity contribution in [2.75, 3.05) is 13.1 Å². The maximum absolute atomic E-state index is 12.3. The molecule has 22 heavy (non-hydrogen) atoms. The summed E-state index contributed by atoms with van der Waals surface area (Å²) in [4.78, 5) is 23.4. The number of nitrogens with zero attached hydrogens (tertiary/aromatic N) is 3. The molecule has 3 heterocycles. The Kier molecular flexibility index (Phi) is 3.43. The number of guanidine groups is 1. The number of thioether (sulfide) groups is 1. The van der Waals surface area contributed by atoms with Gasteiger partial charge in [-0.25, -0.2) is 4.99 Å². The van der Waals surface area contributed by atoms with Gasteiger partial charge in [0.1, 0.15) is 5.84 Å². The topological polar surface area (TPSA) is 57.1 Å². The van der Waals surface area contributed by atoms with Gasteiger partial charge in [-0.05, 0) is 30.0 Å². The van der Waals surface area contributed by atoms with Crippen molar-refractivity contribution in [3.05, 3.63) is 40.3 Å². The van der Waals surface area contributed by atoms with Crippen molar-refractivity contribution in [2.45, 2.75) is 11.7 Å². The summed E-state index contributed by atoms with van der Waals surface area (Å²) in [6.45, 7) is 1.41. The molecule has 1 atom stereocenters. The zero-order chi connectivity index (χ0) is 15.1. The summed E-state index contributed by atoms with van der Waals surface area (Å²) in [5, 5.41) is 5.50. The fourth-order valence-corrected chi connectivity index (χ4v) is 3.67. The fraction of sp³-hybridized carbons (Fsp3) is 0.267. The number of hydrogen-bond acceptors (Lipinski definition) is 5. The number of allylic oxidation sites excluding steroid dienone is 1. The molecular formula is C15H13ClN4OS. The zero-order valence-corrected chi connectivity index (χ0v) is 13.2. The van der Waals surface area contributed by atoms with Crippen LogP contribution in [0.25, 0.3) is 0 Å². The third kappa shape index (κ3) is 2.32. The van der Waals surface area contributed by atoms with E-state index >= 15 is 0 Å². The lowest BCUT2D eigenvalue weighted by Gasteiger charge is -2.28. The highest BCUT2D eigenvalue weighted by Gasteiger charge is 2.32. The molecule has 1 N–H and O–H groups in total. The highest BCUT2D eigenvalue weighted by atomic mass is 35.5. The zero-order valence-electron chi connectivity index (χ0n) is 11.6. The van der Waals surface area contributed by atoms with Gasteiger partial charge < -0.3 is 0 Å². The number of halogens is 1. The van der Waals surface area contributed by atoms with E-state index in [-0.39, 0.29) is 11.2 Å². The number of rotatable bonds is 1. The van der Waals surface area contributed by atoms with Crippen LogP contribution < -0.4 is 5.32 Å². The van der Waals surface area contributed by atoms with Gasteiger partial charge in [-0.2, -0.15) is 0 Å². The summed E-state index contributed by atoms with van der Waals surface area (Å²) in [5.74, 6) is 1.38. The molecular weight excluding hydrogens is 320 g/mol. The normalized spacial score (nSPS) is 22.0. The molecule has 0 saturated heterocycles. The molecule has 0 fully saturated rings. The lowest BCUT2D eigenvalue weighted by molar-refractivity contribution is -0.119. The molecule has 0 spiro atoms. The number of nitrogens with one attached hydrogen (secondary N) is 1. The van der Waals surface area contributed by atoms with Gasteiger partial charge in [0.15, 0.2) is 0 Å². The number of carbonyl (C=O) groups is 1. The third-order valence-corrected chi connectivity index (χ3v) is 5.06. The van der Waals surface area contributed by atoms with Crippen LogP contribution >= 0.6 is 23.4 Å². The first-order valence-electron chi connectivity index (χ1n) is 7.04. The van der Waals surface area contributed by atoms with E-state index < -0.39 is 0 Å². The van der Waals surface area contributed by atoms with E-state index in [2.05, 4.69) is 15.3 Å². The van der Waals surface area contributed by atoms with E-state index in [0.717, 1.165) is 30.1 Å². The number of amides is 1. The molecule has 0 aliphatic carbocycles. The van der Waals surface area contributed by atoms with Crippen LogP contribution in [0.3, 0.4) is 0 Å². The smallest absolute Gasteiger partial charge is 0.240 e. The quantitative estimate of drug-likeness (QED) is 0.859. The van der Waals surface area contributed by atoms with Crippen LogP contribution in [0.1, 0.15) is 12.0 Å². The average Bonchev–Trinajstić information content (AvgIpc) is 3.19. The second-order valence-electron chi connectivity index (χ2n) is 5.18. The van der Waals surface area contributed by atoms with Gasteiger partial charge in [-0.15, -0.1) is 11.8 Å². The first kappa shape index (κ1) is 13.8. The minimum Gasteiger partial charge on any atom is -0.295 e. The fourth-order valence-electron chi connectivity index (χ4n) is 2.68. The van der Waals surface area contributed by atoms with E-state index in [4.69, 9.17) is 11.6 Å². The summed E-state index contributed by atoms with van der Waals surface area (Å²) in [7, 11) is 0. The largest absolute Gasteiger partial charge is 0.295 e. The van der Waals surface area contributed by atoms with Gasteiger partial charge in [0, 0.05) is 17.1 Å². The second-order valence-corrected chi connectivity index (χ2v) is 6.73. The average molecular weight is 333 g/mol. The maximum atomic E-state index is 12.3. The molecule has 5 nitrogen and oxygen atoms in total. The Morgan fingerprint density at radius 1 is 1.45 bits per heavy atom. The number of benzene rings is 1. The Bertz CT molecular complexity index is 735. The molecule has 1 aromatic carbocycles. The molecule has 112 valence electrons. The molecule has 4 rings (SSSR count). The van der Waals surface area contributed by atoms with E-state index in [9.17, 15) is 4.79 Å². The number of amidine groups is 1. The lowest BCUT2D eigenvalue weighted by atomic mass is 10.1. The van der Waals surface area contributed by atoms with Crippen molar-refractivity contribution in [1.29, 1.82) is 0 Å². The highest BCUT2D eigenvalue weighted by molar-refractivity contribution is 8.03. The standard InChI is InChI=1S/C15H13ClN4OS/c16-9-3-4-11-10(8-9)13-17-5-6-20(13)15(18-11)19-14(21)12-2-1-7-22-12/h1,3-4,7-8,12H,2,5-6H2,(H,18,19,21). The Morgan fingerprint density at radius 3 is 3.18 bits per heavy atom. The van der Waals surface area contributed by atoms with E-state index in [1.807, 2.05) is 28.5 Å². The molecule has 1 aromatic rings. The van der Waals surface area contributed by atoms with Crippen LogP contribution in [-0.4, -0.2) is 40.9 Å². The van der Waals surface area contributed by atoms with Crippen LogP contribution in [0.5, 0.6) is 0 Å². The molecule has 0 bridgehead atoms. The molecule has 7 heteroatoms.